The van der Waals surface area contributed by atoms with Gasteiger partial charge in [-0.15, -0.1) is 0 Å². The lowest BCUT2D eigenvalue weighted by molar-refractivity contribution is -0.0578. The van der Waals surface area contributed by atoms with Crippen LogP contribution in [0.5, 0.6) is 0 Å². The number of halogens is 1. The second-order valence-electron chi connectivity index (χ2n) is 5.67. The first-order valence-electron chi connectivity index (χ1n) is 6.43. The van der Waals surface area contributed by atoms with Gasteiger partial charge in [-0.25, -0.2) is 0 Å². The van der Waals surface area contributed by atoms with Crippen molar-refractivity contribution in [3.8, 4) is 6.07 Å². The Hall–Kier alpha value is -1.04. The van der Waals surface area contributed by atoms with Crippen molar-refractivity contribution < 1.29 is 4.74 Å². The Morgan fingerprint density at radius 2 is 1.72 bits per heavy atom. The van der Waals surface area contributed by atoms with Crippen molar-refractivity contribution >= 4 is 11.6 Å². The summed E-state index contributed by atoms with van der Waals surface area (Å²) in [5.74, 6) is 0. The van der Waals surface area contributed by atoms with Crippen molar-refractivity contribution in [2.45, 2.75) is 31.1 Å². The topological polar surface area (TPSA) is 33.0 Å². The van der Waals surface area contributed by atoms with Crippen molar-refractivity contribution in [3.05, 3.63) is 34.9 Å². The SMILES string of the molecule is N#CC1(c2ccc(Cl)cc2)CC2(CCOCC2)C1. The molecule has 3 heteroatoms. The van der Waals surface area contributed by atoms with Crippen LogP contribution in [0.15, 0.2) is 24.3 Å². The third-order valence-electron chi connectivity index (χ3n) is 4.52. The summed E-state index contributed by atoms with van der Waals surface area (Å²) in [4.78, 5) is 0. The molecule has 1 saturated carbocycles. The van der Waals surface area contributed by atoms with E-state index in [0.717, 1.165) is 49.5 Å². The molecule has 2 nitrogen and oxygen atoms in total. The summed E-state index contributed by atoms with van der Waals surface area (Å²) in [5.41, 5.74) is 1.18. The van der Waals surface area contributed by atoms with Crippen molar-refractivity contribution in [1.29, 1.82) is 5.26 Å². The molecule has 1 aromatic rings. The van der Waals surface area contributed by atoms with Crippen LogP contribution < -0.4 is 0 Å². The van der Waals surface area contributed by atoms with Gasteiger partial charge in [-0.05, 0) is 48.8 Å². The van der Waals surface area contributed by atoms with E-state index in [1.54, 1.807) is 0 Å². The Labute approximate surface area is 113 Å². The quantitative estimate of drug-likeness (QED) is 0.772. The van der Waals surface area contributed by atoms with Crippen molar-refractivity contribution in [2.24, 2.45) is 5.41 Å². The van der Waals surface area contributed by atoms with Gasteiger partial charge < -0.3 is 4.74 Å². The summed E-state index contributed by atoms with van der Waals surface area (Å²) in [6.07, 6.45) is 4.15. The fourth-order valence-corrected chi connectivity index (χ4v) is 3.63. The molecule has 0 amide bonds. The summed E-state index contributed by atoms with van der Waals surface area (Å²) < 4.78 is 5.42. The van der Waals surface area contributed by atoms with E-state index >= 15 is 0 Å². The minimum Gasteiger partial charge on any atom is -0.381 e. The molecule has 0 atom stereocenters. The Balaban J connectivity index is 1.82. The summed E-state index contributed by atoms with van der Waals surface area (Å²) in [6, 6.07) is 10.3. The van der Waals surface area contributed by atoms with Gasteiger partial charge >= 0.3 is 0 Å². The summed E-state index contributed by atoms with van der Waals surface area (Å²) >= 11 is 5.91. The van der Waals surface area contributed by atoms with Crippen LogP contribution in [0, 0.1) is 16.7 Å². The lowest BCUT2D eigenvalue weighted by atomic mass is 9.48. The zero-order valence-corrected chi connectivity index (χ0v) is 11.0. The fourth-order valence-electron chi connectivity index (χ4n) is 3.50. The molecule has 0 radical (unpaired) electrons. The van der Waals surface area contributed by atoms with E-state index in [0.29, 0.717) is 5.41 Å². The normalized spacial score (nSPS) is 24.2. The predicted molar refractivity (Wildman–Crippen MR) is 70.5 cm³/mol. The maximum absolute atomic E-state index is 9.56. The Kier molecular flexibility index (Phi) is 2.84. The number of nitrogens with zero attached hydrogens (tertiary/aromatic N) is 1. The van der Waals surface area contributed by atoms with Gasteiger partial charge in [0.1, 0.15) is 0 Å². The van der Waals surface area contributed by atoms with Crippen molar-refractivity contribution in [1.82, 2.24) is 0 Å². The second kappa shape index (κ2) is 4.26. The molecule has 0 aromatic heterocycles. The molecule has 2 aliphatic rings. The van der Waals surface area contributed by atoms with E-state index in [2.05, 4.69) is 6.07 Å². The largest absolute Gasteiger partial charge is 0.381 e. The van der Waals surface area contributed by atoms with E-state index in [1.165, 1.54) is 0 Å². The highest BCUT2D eigenvalue weighted by atomic mass is 35.5. The number of nitriles is 1. The summed E-state index contributed by atoms with van der Waals surface area (Å²) in [6.45, 7) is 1.70. The van der Waals surface area contributed by atoms with E-state index in [1.807, 2.05) is 24.3 Å². The van der Waals surface area contributed by atoms with E-state index in [4.69, 9.17) is 16.3 Å². The molecule has 0 unspecified atom stereocenters. The van der Waals surface area contributed by atoms with Gasteiger partial charge in [-0.2, -0.15) is 5.26 Å². The Morgan fingerprint density at radius 1 is 1.11 bits per heavy atom. The molecular formula is C15H16ClNO. The summed E-state index contributed by atoms with van der Waals surface area (Å²) in [5, 5.41) is 10.3. The zero-order valence-electron chi connectivity index (χ0n) is 10.3. The smallest absolute Gasteiger partial charge is 0.0833 e. The first-order chi connectivity index (χ1) is 8.68. The molecule has 2 fully saturated rings. The summed E-state index contributed by atoms with van der Waals surface area (Å²) in [7, 11) is 0. The van der Waals surface area contributed by atoms with Crippen LogP contribution in [0.2, 0.25) is 5.02 Å². The molecular weight excluding hydrogens is 246 g/mol. The minimum atomic E-state index is -0.290. The van der Waals surface area contributed by atoms with E-state index in [-0.39, 0.29) is 5.41 Å². The van der Waals surface area contributed by atoms with Crippen LogP contribution in [0.3, 0.4) is 0 Å². The van der Waals surface area contributed by atoms with Gasteiger partial charge in [-0.3, -0.25) is 0 Å². The molecule has 0 N–H and O–H groups in total. The van der Waals surface area contributed by atoms with Gasteiger partial charge in [0.25, 0.3) is 0 Å². The number of benzene rings is 1. The first-order valence-corrected chi connectivity index (χ1v) is 6.81. The van der Waals surface area contributed by atoms with Crippen LogP contribution in [0.4, 0.5) is 0 Å². The minimum absolute atomic E-state index is 0.290. The molecule has 94 valence electrons. The highest BCUT2D eigenvalue weighted by molar-refractivity contribution is 6.30. The average Bonchev–Trinajstić information content (AvgIpc) is 2.37. The highest BCUT2D eigenvalue weighted by Crippen LogP contribution is 2.59. The van der Waals surface area contributed by atoms with Gasteiger partial charge in [0.15, 0.2) is 0 Å². The molecule has 1 aliphatic carbocycles. The van der Waals surface area contributed by atoms with Crippen molar-refractivity contribution in [3.63, 3.8) is 0 Å². The number of hydrogen-bond donors (Lipinski definition) is 0. The molecule has 1 heterocycles. The zero-order chi connectivity index (χ0) is 12.6. The monoisotopic (exact) mass is 261 g/mol. The fraction of sp³-hybridized carbons (Fsp3) is 0.533. The van der Waals surface area contributed by atoms with Crippen LogP contribution in [-0.4, -0.2) is 13.2 Å². The maximum atomic E-state index is 9.56. The first kappa shape index (κ1) is 12.0. The molecule has 18 heavy (non-hydrogen) atoms. The number of rotatable bonds is 1. The van der Waals surface area contributed by atoms with Gasteiger partial charge in [-0.1, -0.05) is 23.7 Å². The lowest BCUT2D eigenvalue weighted by Crippen LogP contribution is -2.51. The Morgan fingerprint density at radius 3 is 2.28 bits per heavy atom. The van der Waals surface area contributed by atoms with Crippen LogP contribution in [0.25, 0.3) is 0 Å². The van der Waals surface area contributed by atoms with Gasteiger partial charge in [0.2, 0.25) is 0 Å². The molecule has 1 aliphatic heterocycles. The van der Waals surface area contributed by atoms with Crippen LogP contribution in [0.1, 0.15) is 31.2 Å². The second-order valence-corrected chi connectivity index (χ2v) is 6.10. The molecule has 0 bridgehead atoms. The molecule has 3 rings (SSSR count). The third kappa shape index (κ3) is 1.83. The average molecular weight is 262 g/mol. The maximum Gasteiger partial charge on any atom is 0.0833 e. The molecule has 1 spiro atoms. The highest BCUT2D eigenvalue weighted by Gasteiger charge is 2.55. The number of ether oxygens (including phenoxy) is 1. The van der Waals surface area contributed by atoms with Gasteiger partial charge in [0, 0.05) is 18.2 Å². The predicted octanol–water partition coefficient (Wildman–Crippen LogP) is 3.69. The Bertz CT molecular complexity index is 474. The molecule has 1 aromatic carbocycles. The van der Waals surface area contributed by atoms with E-state index in [9.17, 15) is 5.26 Å². The standard InChI is InChI=1S/C15H16ClNO/c16-13-3-1-12(2-4-13)15(11-17)9-14(10-15)5-7-18-8-6-14/h1-4H,5-10H2. The van der Waals surface area contributed by atoms with E-state index < -0.39 is 0 Å². The molecule has 1 saturated heterocycles. The van der Waals surface area contributed by atoms with Crippen LogP contribution >= 0.6 is 11.6 Å². The number of hydrogen-bond acceptors (Lipinski definition) is 2. The lowest BCUT2D eigenvalue weighted by Gasteiger charge is -2.55. The van der Waals surface area contributed by atoms with Gasteiger partial charge in [0.05, 0.1) is 11.5 Å². The van der Waals surface area contributed by atoms with Crippen molar-refractivity contribution in [2.75, 3.05) is 13.2 Å². The third-order valence-corrected chi connectivity index (χ3v) is 4.77. The van der Waals surface area contributed by atoms with Crippen LogP contribution in [-0.2, 0) is 10.2 Å².